The summed E-state index contributed by atoms with van der Waals surface area (Å²) in [6, 6.07) is 10.5. The van der Waals surface area contributed by atoms with Crippen molar-refractivity contribution < 1.29 is 15.2 Å². The van der Waals surface area contributed by atoms with E-state index in [9.17, 15) is 4.79 Å². The number of carbonyl (C=O) groups excluding carboxylic acids is 1. The third-order valence-corrected chi connectivity index (χ3v) is 2.54. The lowest BCUT2D eigenvalue weighted by Gasteiger charge is -2.04. The van der Waals surface area contributed by atoms with Crippen molar-refractivity contribution in [2.45, 2.75) is 0 Å². The molecule has 3 N–H and O–H groups in total. The van der Waals surface area contributed by atoms with Crippen LogP contribution in [-0.2, 0) is 0 Å². The number of hydrogen-bond acceptors (Lipinski definition) is 5. The summed E-state index contributed by atoms with van der Waals surface area (Å²) in [5.41, 5.74) is 4.09. The summed E-state index contributed by atoms with van der Waals surface area (Å²) in [6.07, 6.45) is 2.81. The van der Waals surface area contributed by atoms with E-state index in [2.05, 4.69) is 10.1 Å². The molecule has 0 radical (unpaired) electrons. The molecule has 0 saturated carbocycles. The van der Waals surface area contributed by atoms with Gasteiger partial charge in [0.15, 0.2) is 0 Å². The maximum atomic E-state index is 11.3. The van der Waals surface area contributed by atoms with Crippen LogP contribution in [0.1, 0.15) is 16.1 Å². The van der Waals surface area contributed by atoms with E-state index < -0.39 is 5.91 Å². The third kappa shape index (κ3) is 2.93. The average Bonchev–Trinajstić information content (AvgIpc) is 2.48. The second-order valence-corrected chi connectivity index (χ2v) is 3.74. The van der Waals surface area contributed by atoms with Gasteiger partial charge in [-0.05, 0) is 28.8 Å². The van der Waals surface area contributed by atoms with E-state index in [1.807, 2.05) is 12.1 Å². The zero-order valence-electron chi connectivity index (χ0n) is 9.82. The van der Waals surface area contributed by atoms with Gasteiger partial charge in [-0.1, -0.05) is 29.4 Å². The van der Waals surface area contributed by atoms with Gasteiger partial charge in [-0.2, -0.15) is 0 Å². The monoisotopic (exact) mass is 257 g/mol. The second-order valence-electron chi connectivity index (χ2n) is 3.74. The molecule has 6 heteroatoms. The first-order valence-electron chi connectivity index (χ1n) is 5.43. The molecule has 1 aromatic heterocycles. The number of amides is 1. The van der Waals surface area contributed by atoms with Crippen molar-refractivity contribution in [3.63, 3.8) is 0 Å². The van der Waals surface area contributed by atoms with Gasteiger partial charge >= 0.3 is 0 Å². The van der Waals surface area contributed by atoms with Gasteiger partial charge in [0, 0.05) is 6.20 Å². The number of rotatable bonds is 3. The Labute approximate surface area is 109 Å². The van der Waals surface area contributed by atoms with Crippen LogP contribution in [0.2, 0.25) is 0 Å². The molecular formula is C13H11N3O3. The summed E-state index contributed by atoms with van der Waals surface area (Å²) < 4.78 is 0. The molecule has 6 nitrogen and oxygen atoms in total. The lowest BCUT2D eigenvalue weighted by molar-refractivity contribution is 0.0701. The van der Waals surface area contributed by atoms with Gasteiger partial charge in [0.25, 0.3) is 5.91 Å². The summed E-state index contributed by atoms with van der Waals surface area (Å²) in [5, 5.41) is 19.9. The van der Waals surface area contributed by atoms with Crippen molar-refractivity contribution in [2.24, 2.45) is 5.16 Å². The van der Waals surface area contributed by atoms with E-state index in [1.54, 1.807) is 24.3 Å². The van der Waals surface area contributed by atoms with Crippen molar-refractivity contribution in [2.75, 3.05) is 0 Å². The quantitative estimate of drug-likeness (QED) is 0.337. The zero-order valence-corrected chi connectivity index (χ0v) is 9.82. The van der Waals surface area contributed by atoms with Crippen molar-refractivity contribution >= 4 is 12.1 Å². The Bertz CT molecular complexity index is 609. The van der Waals surface area contributed by atoms with Gasteiger partial charge < -0.3 is 5.21 Å². The normalized spacial score (nSPS) is 10.6. The maximum absolute atomic E-state index is 11.3. The predicted molar refractivity (Wildman–Crippen MR) is 68.3 cm³/mol. The predicted octanol–water partition coefficient (Wildman–Crippen LogP) is 1.68. The molecule has 0 aliphatic carbocycles. The first-order chi connectivity index (χ1) is 9.24. The van der Waals surface area contributed by atoms with Gasteiger partial charge in [0.2, 0.25) is 0 Å². The summed E-state index contributed by atoms with van der Waals surface area (Å²) in [4.78, 5) is 15.1. The molecule has 1 heterocycles. The Morgan fingerprint density at radius 2 is 1.95 bits per heavy atom. The SMILES string of the molecule is O=C(NO)c1cc(-c2ccc(/C=N/O)cc2)ccn1. The van der Waals surface area contributed by atoms with Crippen LogP contribution in [0.4, 0.5) is 0 Å². The van der Waals surface area contributed by atoms with E-state index in [0.717, 1.165) is 16.7 Å². The van der Waals surface area contributed by atoms with Crippen LogP contribution in [0, 0.1) is 0 Å². The molecule has 2 rings (SSSR count). The molecule has 0 spiro atoms. The first-order valence-corrected chi connectivity index (χ1v) is 5.43. The minimum Gasteiger partial charge on any atom is -0.411 e. The molecule has 1 amide bonds. The third-order valence-electron chi connectivity index (χ3n) is 2.54. The molecule has 0 bridgehead atoms. The number of nitrogens with zero attached hydrogens (tertiary/aromatic N) is 2. The Morgan fingerprint density at radius 3 is 2.58 bits per heavy atom. The smallest absolute Gasteiger partial charge is 0.293 e. The number of hydroxylamine groups is 1. The molecule has 0 saturated heterocycles. The van der Waals surface area contributed by atoms with E-state index >= 15 is 0 Å². The summed E-state index contributed by atoms with van der Waals surface area (Å²) in [7, 11) is 0. The molecule has 2 aromatic rings. The number of hydrogen-bond donors (Lipinski definition) is 3. The molecule has 0 fully saturated rings. The van der Waals surface area contributed by atoms with Crippen LogP contribution in [0.25, 0.3) is 11.1 Å². The van der Waals surface area contributed by atoms with Crippen molar-refractivity contribution in [3.8, 4) is 11.1 Å². The van der Waals surface area contributed by atoms with Crippen LogP contribution in [-0.4, -0.2) is 27.5 Å². The molecular weight excluding hydrogens is 246 g/mol. The molecule has 0 atom stereocenters. The fourth-order valence-corrected chi connectivity index (χ4v) is 1.62. The van der Waals surface area contributed by atoms with Gasteiger partial charge in [0.1, 0.15) is 5.69 Å². The fraction of sp³-hybridized carbons (Fsp3) is 0. The largest absolute Gasteiger partial charge is 0.411 e. The Hall–Kier alpha value is -2.73. The second kappa shape index (κ2) is 5.74. The highest BCUT2D eigenvalue weighted by molar-refractivity contribution is 5.92. The Kier molecular flexibility index (Phi) is 3.84. The molecule has 0 aliphatic rings. The summed E-state index contributed by atoms with van der Waals surface area (Å²) in [6.45, 7) is 0. The lowest BCUT2D eigenvalue weighted by atomic mass is 10.0. The van der Waals surface area contributed by atoms with Crippen LogP contribution < -0.4 is 5.48 Å². The Balaban J connectivity index is 2.33. The maximum Gasteiger partial charge on any atom is 0.293 e. The topological polar surface area (TPSA) is 94.8 Å². The first kappa shape index (κ1) is 12.7. The zero-order chi connectivity index (χ0) is 13.7. The van der Waals surface area contributed by atoms with Crippen molar-refractivity contribution in [1.29, 1.82) is 0 Å². The van der Waals surface area contributed by atoms with Crippen molar-refractivity contribution in [3.05, 3.63) is 53.9 Å². The minimum atomic E-state index is -0.661. The van der Waals surface area contributed by atoms with Crippen LogP contribution in [0.15, 0.2) is 47.8 Å². The Morgan fingerprint density at radius 1 is 1.21 bits per heavy atom. The van der Waals surface area contributed by atoms with Crippen molar-refractivity contribution in [1.82, 2.24) is 10.5 Å². The van der Waals surface area contributed by atoms with Crippen LogP contribution in [0.5, 0.6) is 0 Å². The van der Waals surface area contributed by atoms with Gasteiger partial charge in [0.05, 0.1) is 6.21 Å². The van der Waals surface area contributed by atoms with E-state index in [1.165, 1.54) is 17.9 Å². The highest BCUT2D eigenvalue weighted by atomic mass is 16.5. The number of nitrogens with one attached hydrogen (secondary N) is 1. The number of pyridine rings is 1. The van der Waals surface area contributed by atoms with E-state index in [-0.39, 0.29) is 5.69 Å². The molecule has 0 unspecified atom stereocenters. The lowest BCUT2D eigenvalue weighted by Crippen LogP contribution is -2.19. The highest BCUT2D eigenvalue weighted by Crippen LogP contribution is 2.19. The van der Waals surface area contributed by atoms with Crippen LogP contribution in [0.3, 0.4) is 0 Å². The molecule has 0 aliphatic heterocycles. The molecule has 19 heavy (non-hydrogen) atoms. The average molecular weight is 257 g/mol. The van der Waals surface area contributed by atoms with Gasteiger partial charge in [-0.3, -0.25) is 15.0 Å². The molecule has 1 aromatic carbocycles. The number of carbonyl (C=O) groups is 1. The summed E-state index contributed by atoms with van der Waals surface area (Å²) in [5.74, 6) is -0.661. The number of benzene rings is 1. The number of oxime groups is 1. The highest BCUT2D eigenvalue weighted by Gasteiger charge is 2.07. The van der Waals surface area contributed by atoms with E-state index in [4.69, 9.17) is 10.4 Å². The number of aromatic nitrogens is 1. The fourth-order valence-electron chi connectivity index (χ4n) is 1.62. The summed E-state index contributed by atoms with van der Waals surface area (Å²) >= 11 is 0. The van der Waals surface area contributed by atoms with E-state index in [0.29, 0.717) is 0 Å². The van der Waals surface area contributed by atoms with Crippen LogP contribution >= 0.6 is 0 Å². The standard InChI is InChI=1S/C13H11N3O3/c17-13(16-19)12-7-11(5-6-14-12)10-3-1-9(2-4-10)8-15-18/h1-8,18-19H,(H,16,17)/b15-8+. The minimum absolute atomic E-state index is 0.126. The van der Waals surface area contributed by atoms with Gasteiger partial charge in [-0.15, -0.1) is 0 Å². The van der Waals surface area contributed by atoms with Gasteiger partial charge in [-0.25, -0.2) is 5.48 Å². The molecule has 96 valence electrons.